The molecule has 0 aliphatic carbocycles. The summed E-state index contributed by atoms with van der Waals surface area (Å²) in [7, 11) is 1.62. The number of nitrogens with one attached hydrogen (secondary N) is 2. The number of likely N-dealkylation sites (tertiary alicyclic amines) is 1. The van der Waals surface area contributed by atoms with Crippen molar-refractivity contribution in [2.45, 2.75) is 38.6 Å². The van der Waals surface area contributed by atoms with Crippen LogP contribution in [0.5, 0.6) is 5.75 Å². The third kappa shape index (κ3) is 6.38. The van der Waals surface area contributed by atoms with E-state index in [1.54, 1.807) is 7.05 Å². The summed E-state index contributed by atoms with van der Waals surface area (Å²) in [6.45, 7) is -0.168. The SMILES string of the molecule is CN=C(NCc1c(F)cccc1OC(F)F)NC1CCN(Cc2ccccc2)CC1. The first kappa shape index (κ1) is 22.0. The molecule has 1 fully saturated rings. The molecule has 0 radical (unpaired) electrons. The average Bonchev–Trinajstić information content (AvgIpc) is 2.74. The molecule has 1 heterocycles. The van der Waals surface area contributed by atoms with Gasteiger partial charge in [0.05, 0.1) is 0 Å². The number of hydrogen-bond acceptors (Lipinski definition) is 3. The first-order chi connectivity index (χ1) is 14.5. The molecule has 1 aliphatic heterocycles. The van der Waals surface area contributed by atoms with Crippen molar-refractivity contribution in [2.24, 2.45) is 4.99 Å². The Bertz CT molecular complexity index is 824. The number of piperidine rings is 1. The Morgan fingerprint density at radius 3 is 2.53 bits per heavy atom. The molecule has 5 nitrogen and oxygen atoms in total. The van der Waals surface area contributed by atoms with Crippen molar-refractivity contribution in [1.29, 1.82) is 0 Å². The molecule has 1 saturated heterocycles. The molecule has 0 bridgehead atoms. The molecule has 0 aromatic heterocycles. The van der Waals surface area contributed by atoms with Crippen molar-refractivity contribution >= 4 is 5.96 Å². The highest BCUT2D eigenvalue weighted by Crippen LogP contribution is 2.23. The maximum atomic E-state index is 14.1. The molecule has 3 rings (SSSR count). The maximum Gasteiger partial charge on any atom is 0.387 e. The molecule has 162 valence electrons. The lowest BCUT2D eigenvalue weighted by Gasteiger charge is -2.33. The van der Waals surface area contributed by atoms with Crippen LogP contribution in [0.25, 0.3) is 0 Å². The minimum Gasteiger partial charge on any atom is -0.434 e. The van der Waals surface area contributed by atoms with Gasteiger partial charge < -0.3 is 15.4 Å². The Balaban J connectivity index is 1.49. The van der Waals surface area contributed by atoms with Crippen molar-refractivity contribution in [1.82, 2.24) is 15.5 Å². The van der Waals surface area contributed by atoms with Gasteiger partial charge in [-0.1, -0.05) is 36.4 Å². The fourth-order valence-electron chi connectivity index (χ4n) is 3.55. The summed E-state index contributed by atoms with van der Waals surface area (Å²) in [4.78, 5) is 6.59. The van der Waals surface area contributed by atoms with Gasteiger partial charge in [0, 0.05) is 44.8 Å². The minimum absolute atomic E-state index is 0.0126. The van der Waals surface area contributed by atoms with Crippen LogP contribution in [0.15, 0.2) is 53.5 Å². The van der Waals surface area contributed by atoms with Gasteiger partial charge in [0.1, 0.15) is 11.6 Å². The second-order valence-electron chi connectivity index (χ2n) is 7.20. The zero-order valence-electron chi connectivity index (χ0n) is 17.0. The van der Waals surface area contributed by atoms with Crippen molar-refractivity contribution in [3.63, 3.8) is 0 Å². The standard InChI is InChI=1S/C22H27F3N4O/c1-26-22(27-14-18-19(23)8-5-9-20(18)30-21(24)25)28-17-10-12-29(13-11-17)15-16-6-3-2-4-7-16/h2-9,17,21H,10-15H2,1H3,(H2,26,27,28). The second kappa shape index (κ2) is 10.9. The van der Waals surface area contributed by atoms with E-state index in [1.807, 2.05) is 18.2 Å². The van der Waals surface area contributed by atoms with Crippen LogP contribution < -0.4 is 15.4 Å². The molecule has 2 aromatic carbocycles. The summed E-state index contributed by atoms with van der Waals surface area (Å²) in [5, 5.41) is 6.34. The van der Waals surface area contributed by atoms with Crippen LogP contribution in [0.3, 0.4) is 0 Å². The summed E-state index contributed by atoms with van der Waals surface area (Å²) in [5.41, 5.74) is 1.34. The Labute approximate surface area is 174 Å². The number of benzene rings is 2. The molecule has 0 amide bonds. The van der Waals surface area contributed by atoms with E-state index >= 15 is 0 Å². The van der Waals surface area contributed by atoms with Crippen LogP contribution in [0.4, 0.5) is 13.2 Å². The topological polar surface area (TPSA) is 48.9 Å². The number of nitrogens with zero attached hydrogens (tertiary/aromatic N) is 2. The monoisotopic (exact) mass is 420 g/mol. The van der Waals surface area contributed by atoms with Gasteiger partial charge in [0.25, 0.3) is 0 Å². The van der Waals surface area contributed by atoms with Crippen LogP contribution in [0.2, 0.25) is 0 Å². The molecular formula is C22H27F3N4O. The molecule has 2 aromatic rings. The molecule has 0 atom stereocenters. The van der Waals surface area contributed by atoms with E-state index in [2.05, 4.69) is 37.4 Å². The van der Waals surface area contributed by atoms with Gasteiger partial charge in [-0.05, 0) is 30.5 Å². The smallest absolute Gasteiger partial charge is 0.387 e. The molecule has 0 spiro atoms. The van der Waals surface area contributed by atoms with E-state index in [4.69, 9.17) is 0 Å². The van der Waals surface area contributed by atoms with Gasteiger partial charge in [0.15, 0.2) is 5.96 Å². The molecular weight excluding hydrogens is 393 g/mol. The van der Waals surface area contributed by atoms with Gasteiger partial charge in [-0.15, -0.1) is 0 Å². The van der Waals surface area contributed by atoms with Gasteiger partial charge in [-0.3, -0.25) is 9.89 Å². The number of hydrogen-bond donors (Lipinski definition) is 2. The quantitative estimate of drug-likeness (QED) is 0.529. The predicted octanol–water partition coefficient (Wildman–Crippen LogP) is 3.76. The molecule has 8 heteroatoms. The lowest BCUT2D eigenvalue weighted by Crippen LogP contribution is -2.48. The Hall–Kier alpha value is -2.74. The van der Waals surface area contributed by atoms with Gasteiger partial charge in [0.2, 0.25) is 0 Å². The van der Waals surface area contributed by atoms with Crippen molar-refractivity contribution in [3.05, 3.63) is 65.5 Å². The van der Waals surface area contributed by atoms with E-state index in [1.165, 1.54) is 23.8 Å². The van der Waals surface area contributed by atoms with Gasteiger partial charge >= 0.3 is 6.61 Å². The summed E-state index contributed by atoms with van der Waals surface area (Å²) in [5.74, 6) is -0.282. The van der Waals surface area contributed by atoms with Crippen LogP contribution in [0, 0.1) is 5.82 Å². The van der Waals surface area contributed by atoms with E-state index in [0.29, 0.717) is 5.96 Å². The van der Waals surface area contributed by atoms with Crippen LogP contribution in [-0.4, -0.2) is 43.6 Å². The highest BCUT2D eigenvalue weighted by atomic mass is 19.3. The zero-order chi connectivity index (χ0) is 21.3. The highest BCUT2D eigenvalue weighted by Gasteiger charge is 2.20. The summed E-state index contributed by atoms with van der Waals surface area (Å²) in [6.07, 6.45) is 1.90. The Kier molecular flexibility index (Phi) is 7.96. The van der Waals surface area contributed by atoms with E-state index in [0.717, 1.165) is 32.5 Å². The minimum atomic E-state index is -3.01. The number of ether oxygens (including phenoxy) is 1. The van der Waals surface area contributed by atoms with Crippen LogP contribution in [-0.2, 0) is 13.1 Å². The zero-order valence-corrected chi connectivity index (χ0v) is 17.0. The van der Waals surface area contributed by atoms with E-state index in [9.17, 15) is 13.2 Å². The maximum absolute atomic E-state index is 14.1. The highest BCUT2D eigenvalue weighted by molar-refractivity contribution is 5.80. The predicted molar refractivity (Wildman–Crippen MR) is 111 cm³/mol. The summed E-state index contributed by atoms with van der Waals surface area (Å²) < 4.78 is 43.7. The third-order valence-corrected chi connectivity index (χ3v) is 5.13. The second-order valence-corrected chi connectivity index (χ2v) is 7.20. The third-order valence-electron chi connectivity index (χ3n) is 5.13. The van der Waals surface area contributed by atoms with Crippen LogP contribution in [0.1, 0.15) is 24.0 Å². The molecule has 2 N–H and O–H groups in total. The number of aliphatic imine (C=N–C) groups is 1. The summed E-state index contributed by atoms with van der Waals surface area (Å²) in [6, 6.07) is 14.5. The fraction of sp³-hybridized carbons (Fsp3) is 0.409. The molecule has 0 saturated carbocycles. The van der Waals surface area contributed by atoms with Crippen molar-refractivity contribution in [2.75, 3.05) is 20.1 Å². The van der Waals surface area contributed by atoms with E-state index in [-0.39, 0.29) is 23.9 Å². The fourth-order valence-corrected chi connectivity index (χ4v) is 3.55. The van der Waals surface area contributed by atoms with Crippen molar-refractivity contribution < 1.29 is 17.9 Å². The Morgan fingerprint density at radius 1 is 1.13 bits per heavy atom. The average molecular weight is 420 g/mol. The number of rotatable bonds is 7. The van der Waals surface area contributed by atoms with Crippen molar-refractivity contribution in [3.8, 4) is 5.75 Å². The molecule has 0 unspecified atom stereocenters. The molecule has 30 heavy (non-hydrogen) atoms. The van der Waals surface area contributed by atoms with Gasteiger partial charge in [-0.25, -0.2) is 4.39 Å². The lowest BCUT2D eigenvalue weighted by atomic mass is 10.0. The number of halogens is 3. The molecule has 1 aliphatic rings. The summed E-state index contributed by atoms with van der Waals surface area (Å²) >= 11 is 0. The normalized spacial score (nSPS) is 16.0. The van der Waals surface area contributed by atoms with E-state index < -0.39 is 12.4 Å². The first-order valence-electron chi connectivity index (χ1n) is 10.0. The van der Waals surface area contributed by atoms with Crippen LogP contribution >= 0.6 is 0 Å². The number of alkyl halides is 2. The lowest BCUT2D eigenvalue weighted by molar-refractivity contribution is -0.0506. The van der Waals surface area contributed by atoms with Gasteiger partial charge in [-0.2, -0.15) is 8.78 Å². The Morgan fingerprint density at radius 2 is 1.87 bits per heavy atom. The first-order valence-corrected chi connectivity index (χ1v) is 10.0. The number of guanidine groups is 1. The largest absolute Gasteiger partial charge is 0.434 e.